The van der Waals surface area contributed by atoms with E-state index in [-0.39, 0.29) is 0 Å². The van der Waals surface area contributed by atoms with Crippen molar-refractivity contribution < 1.29 is 14.6 Å². The van der Waals surface area contributed by atoms with Gasteiger partial charge in [-0.3, -0.25) is 4.89 Å². The van der Waals surface area contributed by atoms with Crippen LogP contribution in [0.2, 0.25) is 0 Å². The Labute approximate surface area is 114 Å². The van der Waals surface area contributed by atoms with Crippen LogP contribution in [-0.4, -0.2) is 5.97 Å². The molecule has 1 aliphatic carbocycles. The molecule has 0 amide bonds. The quantitative estimate of drug-likeness (QED) is 0.606. The van der Waals surface area contributed by atoms with Gasteiger partial charge in [0.15, 0.2) is 0 Å². The predicted molar refractivity (Wildman–Crippen MR) is 73.3 cm³/mol. The lowest BCUT2D eigenvalue weighted by molar-refractivity contribution is -0.241. The van der Waals surface area contributed by atoms with E-state index in [4.69, 9.17) is 9.78 Å². The van der Waals surface area contributed by atoms with Crippen LogP contribution in [0, 0.1) is 25.9 Å². The third-order valence-electron chi connectivity index (χ3n) is 3.57. The van der Waals surface area contributed by atoms with E-state index in [1.54, 1.807) is 6.07 Å². The highest BCUT2D eigenvalue weighted by Gasteiger charge is 2.23. The number of hydrogen-bond acceptors (Lipinski definition) is 3. The lowest BCUT2D eigenvalue weighted by atomic mass is 9.89. The van der Waals surface area contributed by atoms with Gasteiger partial charge >= 0.3 is 5.97 Å². The average Bonchev–Trinajstić information content (AvgIpc) is 2.36. The topological polar surface area (TPSA) is 35.5 Å². The van der Waals surface area contributed by atoms with Crippen molar-refractivity contribution in [2.75, 3.05) is 0 Å². The summed E-state index contributed by atoms with van der Waals surface area (Å²) in [5.41, 5.74) is 2.61. The first-order valence-corrected chi connectivity index (χ1v) is 6.87. The largest absolute Gasteiger partial charge is 0.373 e. The van der Waals surface area contributed by atoms with Gasteiger partial charge in [-0.2, -0.15) is 4.89 Å². The van der Waals surface area contributed by atoms with E-state index in [0.717, 1.165) is 36.5 Å². The van der Waals surface area contributed by atoms with Gasteiger partial charge in [0.25, 0.3) is 0 Å². The second kappa shape index (κ2) is 6.20. The molecule has 1 aliphatic rings. The van der Waals surface area contributed by atoms with Crippen molar-refractivity contribution in [3.8, 4) is 0 Å². The molecule has 0 aliphatic heterocycles. The van der Waals surface area contributed by atoms with Gasteiger partial charge in [0.05, 0.1) is 5.56 Å². The van der Waals surface area contributed by atoms with Crippen molar-refractivity contribution in [2.24, 2.45) is 5.92 Å². The van der Waals surface area contributed by atoms with E-state index < -0.39 is 5.97 Å². The highest BCUT2D eigenvalue weighted by atomic mass is 17.2. The molecule has 0 saturated heterocycles. The van der Waals surface area contributed by atoms with Crippen LogP contribution in [0.4, 0.5) is 0 Å². The molecule has 1 radical (unpaired) electrons. The molecule has 0 aromatic heterocycles. The lowest BCUT2D eigenvalue weighted by Crippen LogP contribution is -2.17. The van der Waals surface area contributed by atoms with Crippen molar-refractivity contribution in [1.29, 1.82) is 0 Å². The van der Waals surface area contributed by atoms with Gasteiger partial charge in [0.2, 0.25) is 0 Å². The molecule has 103 valence electrons. The Morgan fingerprint density at radius 1 is 1.32 bits per heavy atom. The molecule has 0 spiro atoms. The number of rotatable bonds is 3. The Bertz CT molecular complexity index is 453. The van der Waals surface area contributed by atoms with E-state index >= 15 is 0 Å². The molecule has 1 aromatic carbocycles. The fraction of sp³-hybridized carbons (Fsp3) is 0.500. The number of aryl methyl sites for hydroxylation is 2. The first-order chi connectivity index (χ1) is 9.06. The highest BCUT2D eigenvalue weighted by molar-refractivity contribution is 5.90. The monoisotopic (exact) mass is 261 g/mol. The summed E-state index contributed by atoms with van der Waals surface area (Å²) in [6.45, 7) is 6.09. The minimum Gasteiger partial charge on any atom is -0.292 e. The normalized spacial score (nSPS) is 20.3. The van der Waals surface area contributed by atoms with E-state index in [0.29, 0.717) is 11.5 Å². The second-order valence-corrected chi connectivity index (χ2v) is 5.51. The smallest absolute Gasteiger partial charge is 0.292 e. The van der Waals surface area contributed by atoms with Gasteiger partial charge in [-0.25, -0.2) is 4.79 Å². The van der Waals surface area contributed by atoms with E-state index in [1.165, 1.54) is 6.42 Å². The summed E-state index contributed by atoms with van der Waals surface area (Å²) in [7, 11) is 0. The van der Waals surface area contributed by atoms with Crippen LogP contribution >= 0.6 is 0 Å². The minimum atomic E-state index is -0.414. The molecule has 2 rings (SSSR count). The SMILES string of the molecule is Cc1ccc(C(=O)OO[C]2CCCC(C)C2)c(C)c1. The van der Waals surface area contributed by atoms with E-state index in [9.17, 15) is 4.79 Å². The maximum atomic E-state index is 11.9. The zero-order valence-corrected chi connectivity index (χ0v) is 11.9. The third kappa shape index (κ3) is 3.80. The first-order valence-electron chi connectivity index (χ1n) is 6.87. The van der Waals surface area contributed by atoms with E-state index in [2.05, 4.69) is 6.92 Å². The van der Waals surface area contributed by atoms with Crippen molar-refractivity contribution >= 4 is 5.97 Å². The maximum Gasteiger partial charge on any atom is 0.373 e. The lowest BCUT2D eigenvalue weighted by Gasteiger charge is -2.23. The standard InChI is InChI=1S/C16H21O3/c1-11-5-4-6-14(10-11)18-19-16(17)15-8-7-12(2)9-13(15)3/h7-9,11H,4-6,10H2,1-3H3. The number of benzene rings is 1. The summed E-state index contributed by atoms with van der Waals surface area (Å²) in [6.07, 6.45) is 5.00. The molecule has 1 unspecified atom stereocenters. The molecule has 3 heteroatoms. The molecule has 0 heterocycles. The van der Waals surface area contributed by atoms with Crippen LogP contribution in [0.1, 0.15) is 54.1 Å². The Balaban J connectivity index is 1.90. The first kappa shape index (κ1) is 14.1. The summed E-state index contributed by atoms with van der Waals surface area (Å²) < 4.78 is 0. The molecule has 3 nitrogen and oxygen atoms in total. The molecular weight excluding hydrogens is 240 g/mol. The number of carbonyl (C=O) groups excluding carboxylic acids is 1. The van der Waals surface area contributed by atoms with Crippen molar-refractivity contribution in [3.63, 3.8) is 0 Å². The Morgan fingerprint density at radius 3 is 2.79 bits per heavy atom. The summed E-state index contributed by atoms with van der Waals surface area (Å²) in [6, 6.07) is 5.65. The van der Waals surface area contributed by atoms with Crippen LogP contribution < -0.4 is 0 Å². The van der Waals surface area contributed by atoms with Crippen LogP contribution in [0.3, 0.4) is 0 Å². The second-order valence-electron chi connectivity index (χ2n) is 5.51. The molecule has 0 bridgehead atoms. The predicted octanol–water partition coefficient (Wildman–Crippen LogP) is 4.13. The molecule has 1 saturated carbocycles. The molecule has 1 atom stereocenters. The van der Waals surface area contributed by atoms with Gasteiger partial charge in [-0.15, -0.1) is 0 Å². The van der Waals surface area contributed by atoms with Gasteiger partial charge in [-0.1, -0.05) is 37.5 Å². The summed E-state index contributed by atoms with van der Waals surface area (Å²) in [5, 5.41) is 0. The Morgan fingerprint density at radius 2 is 2.11 bits per heavy atom. The minimum absolute atomic E-state index is 0.414. The van der Waals surface area contributed by atoms with Gasteiger partial charge in [0.1, 0.15) is 6.10 Å². The van der Waals surface area contributed by atoms with Gasteiger partial charge in [-0.05, 0) is 44.2 Å². The van der Waals surface area contributed by atoms with Gasteiger partial charge in [0, 0.05) is 0 Å². The number of carbonyl (C=O) groups is 1. The molecule has 0 N–H and O–H groups in total. The van der Waals surface area contributed by atoms with Gasteiger partial charge < -0.3 is 0 Å². The molecule has 19 heavy (non-hydrogen) atoms. The Kier molecular flexibility index (Phi) is 4.59. The molecular formula is C16H21O3. The zero-order valence-electron chi connectivity index (χ0n) is 11.9. The van der Waals surface area contributed by atoms with E-state index in [1.807, 2.05) is 26.0 Å². The Hall–Kier alpha value is -1.35. The zero-order chi connectivity index (χ0) is 13.8. The fourth-order valence-corrected chi connectivity index (χ4v) is 2.50. The van der Waals surface area contributed by atoms with Crippen molar-refractivity contribution in [1.82, 2.24) is 0 Å². The van der Waals surface area contributed by atoms with Crippen molar-refractivity contribution in [3.05, 3.63) is 41.0 Å². The summed E-state index contributed by atoms with van der Waals surface area (Å²) in [4.78, 5) is 22.1. The van der Waals surface area contributed by atoms with Crippen LogP contribution in [-0.2, 0) is 9.78 Å². The third-order valence-corrected chi connectivity index (χ3v) is 3.57. The summed E-state index contributed by atoms with van der Waals surface area (Å²) >= 11 is 0. The number of hydrogen-bond donors (Lipinski definition) is 0. The summed E-state index contributed by atoms with van der Waals surface area (Å²) in [5.74, 6) is 0.201. The molecule has 1 aromatic rings. The highest BCUT2D eigenvalue weighted by Crippen LogP contribution is 2.31. The van der Waals surface area contributed by atoms with Crippen LogP contribution in [0.25, 0.3) is 0 Å². The average molecular weight is 261 g/mol. The van der Waals surface area contributed by atoms with Crippen molar-refractivity contribution in [2.45, 2.75) is 46.5 Å². The molecule has 1 fully saturated rings. The van der Waals surface area contributed by atoms with Crippen LogP contribution in [0.15, 0.2) is 18.2 Å². The maximum absolute atomic E-state index is 11.9. The van der Waals surface area contributed by atoms with Crippen LogP contribution in [0.5, 0.6) is 0 Å². The fourth-order valence-electron chi connectivity index (χ4n) is 2.50.